The van der Waals surface area contributed by atoms with Crippen molar-refractivity contribution < 1.29 is 12.8 Å². The van der Waals surface area contributed by atoms with Crippen LogP contribution in [0.15, 0.2) is 28.7 Å². The molecule has 7 nitrogen and oxygen atoms in total. The van der Waals surface area contributed by atoms with Crippen molar-refractivity contribution in [2.45, 2.75) is 70.9 Å². The fourth-order valence-electron chi connectivity index (χ4n) is 4.67. The van der Waals surface area contributed by atoms with Gasteiger partial charge in [0, 0.05) is 19.0 Å². The highest BCUT2D eigenvalue weighted by Crippen LogP contribution is 2.35. The van der Waals surface area contributed by atoms with E-state index in [-0.39, 0.29) is 17.7 Å². The van der Waals surface area contributed by atoms with Crippen molar-refractivity contribution in [3.63, 3.8) is 0 Å². The lowest BCUT2D eigenvalue weighted by atomic mass is 9.96. The largest absolute Gasteiger partial charge is 0.423 e. The van der Waals surface area contributed by atoms with Crippen molar-refractivity contribution in [2.75, 3.05) is 25.4 Å². The normalized spacial score (nSPS) is 22.1. The van der Waals surface area contributed by atoms with Crippen LogP contribution in [0.5, 0.6) is 0 Å². The minimum Gasteiger partial charge on any atom is -0.423 e. The van der Waals surface area contributed by atoms with E-state index in [4.69, 9.17) is 4.42 Å². The summed E-state index contributed by atoms with van der Waals surface area (Å²) in [6, 6.07) is 8.58. The number of nitrogens with zero attached hydrogens (tertiary/aromatic N) is 4. The first-order valence-electron chi connectivity index (χ1n) is 11.6. The number of rotatable bonds is 7. The Kier molecular flexibility index (Phi) is 7.08. The number of piperidine rings is 2. The SMILES string of the molecule is CCc1ccc(CN2CCC(c3nnc([C@@H]4CCCCN4S(=O)(=O)CC)o3)CC2)cc1. The Hall–Kier alpha value is -1.77. The Morgan fingerprint density at radius 2 is 1.61 bits per heavy atom. The van der Waals surface area contributed by atoms with Gasteiger partial charge in [0.1, 0.15) is 6.04 Å². The number of hydrogen-bond acceptors (Lipinski definition) is 6. The zero-order valence-electron chi connectivity index (χ0n) is 18.7. The maximum absolute atomic E-state index is 12.5. The molecule has 1 aromatic carbocycles. The van der Waals surface area contributed by atoms with E-state index in [0.29, 0.717) is 18.3 Å². The maximum atomic E-state index is 12.5. The zero-order chi connectivity index (χ0) is 21.8. The molecule has 170 valence electrons. The molecule has 0 radical (unpaired) electrons. The number of likely N-dealkylation sites (tertiary alicyclic amines) is 1. The summed E-state index contributed by atoms with van der Waals surface area (Å²) in [6.45, 7) is 7.37. The molecule has 0 amide bonds. The van der Waals surface area contributed by atoms with Crippen LogP contribution in [-0.4, -0.2) is 53.2 Å². The molecule has 3 heterocycles. The molecule has 0 spiro atoms. The minimum atomic E-state index is -3.28. The second-order valence-electron chi connectivity index (χ2n) is 8.72. The van der Waals surface area contributed by atoms with Crippen molar-refractivity contribution in [2.24, 2.45) is 0 Å². The molecule has 2 aliphatic rings. The Morgan fingerprint density at radius 1 is 0.935 bits per heavy atom. The van der Waals surface area contributed by atoms with Crippen molar-refractivity contribution in [3.05, 3.63) is 47.2 Å². The smallest absolute Gasteiger partial charge is 0.234 e. The molecule has 2 saturated heterocycles. The molecular weight excluding hydrogens is 412 g/mol. The second kappa shape index (κ2) is 9.79. The lowest BCUT2D eigenvalue weighted by Crippen LogP contribution is -2.39. The molecule has 0 aliphatic carbocycles. The third-order valence-electron chi connectivity index (χ3n) is 6.69. The summed E-state index contributed by atoms with van der Waals surface area (Å²) >= 11 is 0. The number of aromatic nitrogens is 2. The fraction of sp³-hybridized carbons (Fsp3) is 0.652. The van der Waals surface area contributed by atoms with Crippen molar-refractivity contribution in [1.29, 1.82) is 0 Å². The van der Waals surface area contributed by atoms with E-state index in [1.165, 1.54) is 11.1 Å². The number of aryl methyl sites for hydroxylation is 1. The maximum Gasteiger partial charge on any atom is 0.234 e. The van der Waals surface area contributed by atoms with Gasteiger partial charge in [-0.2, -0.15) is 4.31 Å². The van der Waals surface area contributed by atoms with Crippen LogP contribution in [0.2, 0.25) is 0 Å². The van der Waals surface area contributed by atoms with E-state index < -0.39 is 10.0 Å². The van der Waals surface area contributed by atoms with Gasteiger partial charge in [0.25, 0.3) is 0 Å². The first-order valence-corrected chi connectivity index (χ1v) is 13.2. The van der Waals surface area contributed by atoms with Crippen LogP contribution < -0.4 is 0 Å². The molecule has 0 bridgehead atoms. The van der Waals surface area contributed by atoms with Crippen LogP contribution in [0.4, 0.5) is 0 Å². The zero-order valence-corrected chi connectivity index (χ0v) is 19.5. The van der Waals surface area contributed by atoms with Crippen LogP contribution in [-0.2, 0) is 23.0 Å². The molecule has 2 fully saturated rings. The highest BCUT2D eigenvalue weighted by atomic mass is 32.2. The lowest BCUT2D eigenvalue weighted by Gasteiger charge is -2.32. The Labute approximate surface area is 185 Å². The summed E-state index contributed by atoms with van der Waals surface area (Å²) < 4.78 is 32.6. The topological polar surface area (TPSA) is 79.5 Å². The molecule has 0 unspecified atom stereocenters. The third kappa shape index (κ3) is 5.18. The molecule has 1 atom stereocenters. The van der Waals surface area contributed by atoms with Crippen LogP contribution in [0.3, 0.4) is 0 Å². The van der Waals surface area contributed by atoms with E-state index >= 15 is 0 Å². The van der Waals surface area contributed by atoms with Crippen LogP contribution in [0, 0.1) is 0 Å². The van der Waals surface area contributed by atoms with Crippen LogP contribution in [0.25, 0.3) is 0 Å². The van der Waals surface area contributed by atoms with Crippen molar-refractivity contribution >= 4 is 10.0 Å². The summed E-state index contributed by atoms with van der Waals surface area (Å²) in [5.74, 6) is 1.48. The van der Waals surface area contributed by atoms with Crippen LogP contribution >= 0.6 is 0 Å². The quantitative estimate of drug-likeness (QED) is 0.642. The Balaban J connectivity index is 1.36. The van der Waals surface area contributed by atoms with E-state index in [0.717, 1.165) is 58.2 Å². The molecule has 1 aromatic heterocycles. The molecule has 4 rings (SSSR count). The summed E-state index contributed by atoms with van der Waals surface area (Å²) in [5.41, 5.74) is 2.73. The lowest BCUT2D eigenvalue weighted by molar-refractivity contribution is 0.184. The molecular formula is C23H34N4O3S. The number of benzene rings is 1. The molecule has 2 aliphatic heterocycles. The molecule has 31 heavy (non-hydrogen) atoms. The van der Waals surface area contributed by atoms with E-state index in [2.05, 4.69) is 46.3 Å². The molecule has 0 saturated carbocycles. The van der Waals surface area contributed by atoms with E-state index in [9.17, 15) is 8.42 Å². The van der Waals surface area contributed by atoms with Crippen LogP contribution in [0.1, 0.15) is 80.8 Å². The van der Waals surface area contributed by atoms with Gasteiger partial charge in [0.05, 0.1) is 5.75 Å². The van der Waals surface area contributed by atoms with E-state index in [1.54, 1.807) is 11.2 Å². The van der Waals surface area contributed by atoms with Crippen molar-refractivity contribution in [3.8, 4) is 0 Å². The molecule has 0 N–H and O–H groups in total. The number of sulfonamides is 1. The van der Waals surface area contributed by atoms with Gasteiger partial charge in [0.15, 0.2) is 0 Å². The molecule has 8 heteroatoms. The van der Waals surface area contributed by atoms with Gasteiger partial charge in [-0.05, 0) is 63.2 Å². The number of hydrogen-bond donors (Lipinski definition) is 0. The van der Waals surface area contributed by atoms with Gasteiger partial charge in [-0.1, -0.05) is 37.6 Å². The van der Waals surface area contributed by atoms with Gasteiger partial charge in [-0.15, -0.1) is 10.2 Å². The summed E-state index contributed by atoms with van der Waals surface area (Å²) in [7, 11) is -3.28. The highest BCUT2D eigenvalue weighted by molar-refractivity contribution is 7.89. The third-order valence-corrected chi connectivity index (χ3v) is 8.57. The average molecular weight is 447 g/mol. The van der Waals surface area contributed by atoms with Gasteiger partial charge < -0.3 is 4.42 Å². The predicted octanol–water partition coefficient (Wildman–Crippen LogP) is 3.89. The molecule has 2 aromatic rings. The standard InChI is InChI=1S/C23H34N4O3S/c1-3-18-8-10-19(11-9-18)17-26-15-12-20(13-16-26)22-24-25-23(30-22)21-7-5-6-14-27(21)31(28,29)4-2/h8-11,20-21H,3-7,12-17H2,1-2H3/t21-/m0/s1. The minimum absolute atomic E-state index is 0.101. The van der Waals surface area contributed by atoms with Gasteiger partial charge in [0.2, 0.25) is 21.8 Å². The van der Waals surface area contributed by atoms with Crippen molar-refractivity contribution in [1.82, 2.24) is 19.4 Å². The Morgan fingerprint density at radius 3 is 2.29 bits per heavy atom. The average Bonchev–Trinajstić information content (AvgIpc) is 3.30. The highest BCUT2D eigenvalue weighted by Gasteiger charge is 2.36. The second-order valence-corrected chi connectivity index (χ2v) is 10.9. The monoisotopic (exact) mass is 446 g/mol. The van der Waals surface area contributed by atoms with Gasteiger partial charge in [-0.25, -0.2) is 8.42 Å². The Bertz CT molecular complexity index is 949. The first kappa shape index (κ1) is 22.4. The fourth-order valence-corrected chi connectivity index (χ4v) is 6.00. The summed E-state index contributed by atoms with van der Waals surface area (Å²) in [6.07, 6.45) is 5.65. The summed E-state index contributed by atoms with van der Waals surface area (Å²) in [4.78, 5) is 2.48. The van der Waals surface area contributed by atoms with Gasteiger partial charge in [-0.3, -0.25) is 4.90 Å². The predicted molar refractivity (Wildman–Crippen MR) is 120 cm³/mol. The van der Waals surface area contributed by atoms with E-state index in [1.807, 2.05) is 0 Å². The van der Waals surface area contributed by atoms with Gasteiger partial charge >= 0.3 is 0 Å². The first-order chi connectivity index (χ1) is 15.0. The summed E-state index contributed by atoms with van der Waals surface area (Å²) in [5, 5.41) is 8.61.